The lowest BCUT2D eigenvalue weighted by molar-refractivity contribution is -0.143. The Hall–Kier alpha value is 0.200. The molecule has 0 heterocycles. The van der Waals surface area contributed by atoms with Gasteiger partial charge in [0.1, 0.15) is 0 Å². The summed E-state index contributed by atoms with van der Waals surface area (Å²) in [5.41, 5.74) is 0. The Morgan fingerprint density at radius 1 is 1.36 bits per heavy atom. The van der Waals surface area contributed by atoms with Crippen LogP contribution in [0.1, 0.15) is 52.4 Å². The highest BCUT2D eigenvalue weighted by atomic mass is 127. The van der Waals surface area contributed by atoms with Gasteiger partial charge in [0.25, 0.3) is 0 Å². The zero-order valence-electron chi connectivity index (χ0n) is 9.22. The molecule has 1 atom stereocenters. The maximum atomic E-state index is 11.2. The van der Waals surface area contributed by atoms with Crippen LogP contribution in [0.4, 0.5) is 0 Å². The molecule has 0 amide bonds. The highest BCUT2D eigenvalue weighted by Crippen LogP contribution is 2.08. The van der Waals surface area contributed by atoms with Gasteiger partial charge in [-0.15, -0.1) is 0 Å². The fourth-order valence-corrected chi connectivity index (χ4v) is 1.42. The predicted octanol–water partition coefficient (Wildman–Crippen LogP) is 3.71. The lowest BCUT2D eigenvalue weighted by Crippen LogP contribution is -2.07. The molecule has 0 aromatic heterocycles. The molecule has 0 aromatic rings. The van der Waals surface area contributed by atoms with Crippen molar-refractivity contribution in [1.29, 1.82) is 0 Å². The number of hydrogen-bond donors (Lipinski definition) is 0. The molecule has 0 radical (unpaired) electrons. The average molecular weight is 312 g/mol. The van der Waals surface area contributed by atoms with Crippen molar-refractivity contribution in [3.63, 3.8) is 0 Å². The SMILES string of the molecule is CCCCCCOC(=O)CCC(C)I. The van der Waals surface area contributed by atoms with Gasteiger partial charge in [-0.25, -0.2) is 0 Å². The van der Waals surface area contributed by atoms with Gasteiger partial charge >= 0.3 is 5.97 Å². The second-order valence-corrected chi connectivity index (χ2v) is 5.73. The molecule has 0 aliphatic rings. The molecule has 0 N–H and O–H groups in total. The van der Waals surface area contributed by atoms with Gasteiger partial charge in [-0.3, -0.25) is 4.79 Å². The first-order chi connectivity index (χ1) is 6.66. The second kappa shape index (κ2) is 9.74. The monoisotopic (exact) mass is 312 g/mol. The second-order valence-electron chi connectivity index (χ2n) is 3.60. The first kappa shape index (κ1) is 14.2. The summed E-state index contributed by atoms with van der Waals surface area (Å²) >= 11 is 2.32. The number of alkyl halides is 1. The molecule has 3 heteroatoms. The summed E-state index contributed by atoms with van der Waals surface area (Å²) in [5.74, 6) is -0.0370. The third-order valence-electron chi connectivity index (χ3n) is 2.01. The quantitative estimate of drug-likeness (QED) is 0.295. The predicted molar refractivity (Wildman–Crippen MR) is 67.8 cm³/mol. The number of unbranched alkanes of at least 4 members (excludes halogenated alkanes) is 3. The van der Waals surface area contributed by atoms with E-state index >= 15 is 0 Å². The van der Waals surface area contributed by atoms with Gasteiger partial charge in [0, 0.05) is 10.3 Å². The number of halogens is 1. The van der Waals surface area contributed by atoms with Crippen molar-refractivity contribution in [2.75, 3.05) is 6.61 Å². The Balaban J connectivity index is 3.18. The van der Waals surface area contributed by atoms with E-state index in [-0.39, 0.29) is 5.97 Å². The van der Waals surface area contributed by atoms with Crippen LogP contribution >= 0.6 is 22.6 Å². The van der Waals surface area contributed by atoms with E-state index in [4.69, 9.17) is 4.74 Å². The minimum absolute atomic E-state index is 0.0370. The van der Waals surface area contributed by atoms with Crippen LogP contribution in [0, 0.1) is 0 Å². The van der Waals surface area contributed by atoms with Gasteiger partial charge in [-0.2, -0.15) is 0 Å². The van der Waals surface area contributed by atoms with E-state index < -0.39 is 0 Å². The van der Waals surface area contributed by atoms with Crippen molar-refractivity contribution in [2.45, 2.75) is 56.3 Å². The molecular formula is C11H21IO2. The summed E-state index contributed by atoms with van der Waals surface area (Å²) in [5, 5.41) is 0. The maximum absolute atomic E-state index is 11.2. The summed E-state index contributed by atoms with van der Waals surface area (Å²) in [6, 6.07) is 0. The van der Waals surface area contributed by atoms with Crippen LogP contribution < -0.4 is 0 Å². The Bertz CT molecular complexity index is 146. The smallest absolute Gasteiger partial charge is 0.305 e. The Labute approximate surface area is 101 Å². The number of esters is 1. The van der Waals surface area contributed by atoms with E-state index in [0.29, 0.717) is 17.0 Å². The molecule has 0 saturated heterocycles. The van der Waals surface area contributed by atoms with Crippen molar-refractivity contribution in [1.82, 2.24) is 0 Å². The molecule has 0 saturated carbocycles. The lowest BCUT2D eigenvalue weighted by atomic mass is 10.2. The maximum Gasteiger partial charge on any atom is 0.305 e. The highest BCUT2D eigenvalue weighted by molar-refractivity contribution is 14.1. The number of carbonyl (C=O) groups is 1. The molecule has 0 aliphatic heterocycles. The third-order valence-corrected chi connectivity index (χ3v) is 2.63. The van der Waals surface area contributed by atoms with Crippen molar-refractivity contribution >= 4 is 28.6 Å². The Kier molecular flexibility index (Phi) is 9.88. The number of ether oxygens (including phenoxy) is 1. The zero-order chi connectivity index (χ0) is 10.8. The fraction of sp³-hybridized carbons (Fsp3) is 0.909. The molecule has 0 rings (SSSR count). The van der Waals surface area contributed by atoms with E-state index in [9.17, 15) is 4.79 Å². The normalized spacial score (nSPS) is 12.5. The van der Waals surface area contributed by atoms with Gasteiger partial charge in [-0.05, 0) is 12.8 Å². The Morgan fingerprint density at radius 2 is 2.07 bits per heavy atom. The van der Waals surface area contributed by atoms with Crippen LogP contribution in [-0.2, 0) is 9.53 Å². The first-order valence-corrected chi connectivity index (χ1v) is 6.71. The highest BCUT2D eigenvalue weighted by Gasteiger charge is 2.04. The third kappa shape index (κ3) is 10.3. The first-order valence-electron chi connectivity index (χ1n) is 5.46. The van der Waals surface area contributed by atoms with Crippen molar-refractivity contribution in [3.05, 3.63) is 0 Å². The van der Waals surface area contributed by atoms with Gasteiger partial charge in [-0.1, -0.05) is 55.7 Å². The van der Waals surface area contributed by atoms with Gasteiger partial charge in [0.05, 0.1) is 6.61 Å². The average Bonchev–Trinajstić information content (AvgIpc) is 2.14. The fourth-order valence-electron chi connectivity index (χ4n) is 1.10. The summed E-state index contributed by atoms with van der Waals surface area (Å²) in [7, 11) is 0. The van der Waals surface area contributed by atoms with E-state index in [2.05, 4.69) is 36.4 Å². The molecule has 0 spiro atoms. The minimum Gasteiger partial charge on any atom is -0.466 e. The van der Waals surface area contributed by atoms with E-state index in [1.807, 2.05) is 0 Å². The van der Waals surface area contributed by atoms with Crippen LogP contribution in [0.5, 0.6) is 0 Å². The number of carbonyl (C=O) groups excluding carboxylic acids is 1. The molecule has 14 heavy (non-hydrogen) atoms. The minimum atomic E-state index is -0.0370. The molecule has 84 valence electrons. The largest absolute Gasteiger partial charge is 0.466 e. The molecule has 0 bridgehead atoms. The van der Waals surface area contributed by atoms with E-state index in [1.165, 1.54) is 19.3 Å². The van der Waals surface area contributed by atoms with Crippen molar-refractivity contribution in [3.8, 4) is 0 Å². The molecule has 0 aliphatic carbocycles. The molecule has 0 aromatic carbocycles. The summed E-state index contributed by atoms with van der Waals surface area (Å²) in [4.78, 5) is 11.2. The zero-order valence-corrected chi connectivity index (χ0v) is 11.4. The van der Waals surface area contributed by atoms with Crippen molar-refractivity contribution in [2.24, 2.45) is 0 Å². The number of rotatable bonds is 8. The van der Waals surface area contributed by atoms with E-state index in [1.54, 1.807) is 0 Å². The molecule has 1 unspecified atom stereocenters. The standard InChI is InChI=1S/C11H21IO2/c1-3-4-5-6-9-14-11(13)8-7-10(2)12/h10H,3-9H2,1-2H3. The van der Waals surface area contributed by atoms with Crippen LogP contribution in [0.25, 0.3) is 0 Å². The van der Waals surface area contributed by atoms with Crippen LogP contribution in [-0.4, -0.2) is 16.5 Å². The van der Waals surface area contributed by atoms with Gasteiger partial charge in [0.2, 0.25) is 0 Å². The topological polar surface area (TPSA) is 26.3 Å². The van der Waals surface area contributed by atoms with Gasteiger partial charge in [0.15, 0.2) is 0 Å². The molecule has 2 nitrogen and oxygen atoms in total. The summed E-state index contributed by atoms with van der Waals surface area (Å²) in [6.07, 6.45) is 6.14. The molecule has 0 fully saturated rings. The summed E-state index contributed by atoms with van der Waals surface area (Å²) < 4.78 is 5.65. The molecular weight excluding hydrogens is 291 g/mol. The summed E-state index contributed by atoms with van der Waals surface area (Å²) in [6.45, 7) is 4.89. The van der Waals surface area contributed by atoms with Gasteiger partial charge < -0.3 is 4.74 Å². The van der Waals surface area contributed by atoms with E-state index in [0.717, 1.165) is 12.8 Å². The van der Waals surface area contributed by atoms with Crippen LogP contribution in [0.15, 0.2) is 0 Å². The van der Waals surface area contributed by atoms with Crippen LogP contribution in [0.3, 0.4) is 0 Å². The Morgan fingerprint density at radius 3 is 2.64 bits per heavy atom. The number of hydrogen-bond acceptors (Lipinski definition) is 2. The van der Waals surface area contributed by atoms with Crippen LogP contribution in [0.2, 0.25) is 0 Å². The van der Waals surface area contributed by atoms with Crippen molar-refractivity contribution < 1.29 is 9.53 Å². The lowest BCUT2D eigenvalue weighted by Gasteiger charge is -2.05.